The van der Waals surface area contributed by atoms with Crippen LogP contribution in [-0.4, -0.2) is 17.2 Å². The second kappa shape index (κ2) is 3.90. The molecular weight excluding hydrogens is 90.9 g/mol. The molecule has 0 aliphatic rings. The molecule has 0 spiro atoms. The molecule has 0 aromatic heterocycles. The summed E-state index contributed by atoms with van der Waals surface area (Å²) in [6, 6.07) is 0. The van der Waals surface area contributed by atoms with Crippen LogP contribution in [0, 0.1) is 0 Å². The summed E-state index contributed by atoms with van der Waals surface area (Å²) in [5, 5.41) is 16.4. The Labute approximate surface area is 46.7 Å². The molecule has 0 saturated carbocycles. The third-order valence-electron chi connectivity index (χ3n) is 0.629. The number of hydrogen-bond acceptors (Lipinski definition) is 2. The lowest BCUT2D eigenvalue weighted by Gasteiger charge is -1.89. The van der Waals surface area contributed by atoms with Gasteiger partial charge in [0.1, 0.15) is 0 Å². The lowest BCUT2D eigenvalue weighted by molar-refractivity contribution is 0.406. The van der Waals surface area contributed by atoms with Crippen LogP contribution in [0.25, 0.3) is 0 Å². The molecule has 0 radical (unpaired) electrons. The van der Waals surface area contributed by atoms with Gasteiger partial charge in [-0.3, -0.25) is 0 Å². The van der Waals surface area contributed by atoms with Gasteiger partial charge in [0.25, 0.3) is 0 Å². The van der Waals surface area contributed by atoms with E-state index in [9.17, 15) is 0 Å². The zero-order chi connectivity index (χ0) is 7.70. The average molecular weight is 104 g/mol. The van der Waals surface area contributed by atoms with E-state index >= 15 is 0 Å². The minimum Gasteiger partial charge on any atom is -0.427 e. The third kappa shape index (κ3) is 5.72. The molecule has 7 heavy (non-hydrogen) atoms. The highest BCUT2D eigenvalue weighted by molar-refractivity contribution is 6.40. The maximum Gasteiger partial charge on any atom is 0.451 e. The minimum atomic E-state index is -1.17. The summed E-state index contributed by atoms with van der Waals surface area (Å²) >= 11 is 0. The lowest BCUT2D eigenvalue weighted by atomic mass is 9.85. The highest BCUT2D eigenvalue weighted by Gasteiger charge is 2.01. The van der Waals surface area contributed by atoms with Crippen molar-refractivity contribution < 1.29 is 13.0 Å². The maximum absolute atomic E-state index is 8.19. The van der Waals surface area contributed by atoms with Crippen LogP contribution in [0.5, 0.6) is 0 Å². The van der Waals surface area contributed by atoms with Gasteiger partial charge in [0, 0.05) is 2.97 Å². The number of rotatable bonds is 3. The molecule has 0 amide bonds. The largest absolute Gasteiger partial charge is 0.451 e. The van der Waals surface area contributed by atoms with E-state index in [2.05, 4.69) is 6.58 Å². The van der Waals surface area contributed by atoms with Crippen LogP contribution in [0.2, 0.25) is 6.32 Å². The monoisotopic (exact) mass is 104 g/mol. The van der Waals surface area contributed by atoms with Crippen molar-refractivity contribution in [1.82, 2.24) is 0 Å². The predicted molar refractivity (Wildman–Crippen MR) is 31.9 cm³/mol. The van der Waals surface area contributed by atoms with E-state index in [-0.39, 0.29) is 0 Å². The molecule has 42 valence electrons. The van der Waals surface area contributed by atoms with Gasteiger partial charge in [-0.25, -0.2) is 0 Å². The van der Waals surface area contributed by atoms with Crippen molar-refractivity contribution >= 4 is 7.12 Å². The molecule has 2 nitrogen and oxygen atoms in total. The Morgan fingerprint density at radius 1 is 1.86 bits per heavy atom. The zero-order valence-corrected chi connectivity index (χ0v) is 4.17. The number of allylic oxidation sites excluding steroid dienone is 1. The molecule has 0 saturated heterocycles. The van der Waals surface area contributed by atoms with Crippen molar-refractivity contribution in [3.8, 4) is 0 Å². The summed E-state index contributed by atoms with van der Waals surface area (Å²) in [7, 11) is -1.17. The molecular formula is C4H11BO2. The van der Waals surface area contributed by atoms with Crippen molar-refractivity contribution in [3.05, 3.63) is 12.7 Å². The average Bonchev–Trinajstić information content (AvgIpc) is 1.88. The van der Waals surface area contributed by atoms with Crippen LogP contribution in [-0.2, 0) is 0 Å². The summed E-state index contributed by atoms with van der Waals surface area (Å²) in [6.07, 6.45) is 2.71. The van der Waals surface area contributed by atoms with E-state index in [4.69, 9.17) is 13.0 Å². The summed E-state index contributed by atoms with van der Waals surface area (Å²) in [5.41, 5.74) is 0. The Hall–Kier alpha value is -0.275. The van der Waals surface area contributed by atoms with Gasteiger partial charge in [0.05, 0.1) is 0 Å². The molecule has 0 atom stereocenters. The van der Waals surface area contributed by atoms with Gasteiger partial charge in [0.15, 0.2) is 0 Å². The Morgan fingerprint density at radius 2 is 2.43 bits per heavy atom. The molecule has 0 rings (SSSR count). The highest BCUT2D eigenvalue weighted by Crippen LogP contribution is 1.90. The first kappa shape index (κ1) is 4.87. The molecule has 0 aromatic carbocycles. The van der Waals surface area contributed by atoms with Gasteiger partial charge in [-0.1, -0.05) is 6.08 Å². The summed E-state index contributed by atoms with van der Waals surface area (Å²) in [6.45, 7) is 3.41. The van der Waals surface area contributed by atoms with Crippen LogP contribution >= 0.6 is 0 Å². The Kier molecular flexibility index (Phi) is 2.72. The van der Waals surface area contributed by atoms with Gasteiger partial charge < -0.3 is 10.0 Å². The van der Waals surface area contributed by atoms with Gasteiger partial charge in [0.2, 0.25) is 0 Å². The van der Waals surface area contributed by atoms with Crippen molar-refractivity contribution in [2.45, 2.75) is 12.7 Å². The summed E-state index contributed by atoms with van der Waals surface area (Å²) in [5.74, 6) is 0. The van der Waals surface area contributed by atoms with E-state index in [1.165, 1.54) is 0 Å². The standard InChI is InChI=1S/C4H9BO2.H2/c1-2-3-4-5(6)7;/h2,6-7H,1,3-4H2;1H/i;1+1D. The smallest absolute Gasteiger partial charge is 0.427 e. The molecule has 3 heteroatoms. The van der Waals surface area contributed by atoms with Crippen LogP contribution in [0.3, 0.4) is 0 Å². The Morgan fingerprint density at radius 3 is 2.57 bits per heavy atom. The lowest BCUT2D eigenvalue weighted by Crippen LogP contribution is -2.08. The molecule has 0 bridgehead atoms. The molecule has 0 fully saturated rings. The van der Waals surface area contributed by atoms with Gasteiger partial charge >= 0.3 is 7.12 Å². The van der Waals surface area contributed by atoms with E-state index in [0.717, 1.165) is 0 Å². The second-order valence-electron chi connectivity index (χ2n) is 1.35. The molecule has 0 aliphatic carbocycles. The van der Waals surface area contributed by atoms with E-state index < -0.39 is 7.12 Å². The van der Waals surface area contributed by atoms with E-state index in [1.54, 1.807) is 6.08 Å². The van der Waals surface area contributed by atoms with E-state index in [0.29, 0.717) is 12.7 Å². The van der Waals surface area contributed by atoms with Crippen molar-refractivity contribution in [2.24, 2.45) is 0 Å². The molecule has 0 unspecified atom stereocenters. The number of hydrogen-bond donors (Lipinski definition) is 2. The summed E-state index contributed by atoms with van der Waals surface area (Å²) < 4.78 is 10.0. The van der Waals surface area contributed by atoms with Gasteiger partial charge in [-0.15, -0.1) is 6.58 Å². The fourth-order valence-corrected chi connectivity index (χ4v) is 0.267. The highest BCUT2D eigenvalue weighted by atomic mass is 16.4. The first-order valence-corrected chi connectivity index (χ1v) is 2.24. The van der Waals surface area contributed by atoms with Gasteiger partial charge in [-0.2, -0.15) is 0 Å². The van der Waals surface area contributed by atoms with E-state index in [1.807, 2.05) is 0 Å². The second-order valence-corrected chi connectivity index (χ2v) is 1.35. The fourth-order valence-electron chi connectivity index (χ4n) is 0.267. The first-order valence-electron chi connectivity index (χ1n) is 3.24. The van der Waals surface area contributed by atoms with Crippen molar-refractivity contribution in [1.29, 1.82) is 0 Å². The fraction of sp³-hybridized carbons (Fsp3) is 0.500. The van der Waals surface area contributed by atoms with Crippen LogP contribution in [0.15, 0.2) is 12.7 Å². The first-order chi connectivity index (χ1) is 4.27. The molecule has 2 N–H and O–H groups in total. The van der Waals surface area contributed by atoms with Crippen molar-refractivity contribution in [3.63, 3.8) is 0 Å². The normalized spacial score (nSPS) is 9.43. The maximum atomic E-state index is 8.19. The van der Waals surface area contributed by atoms with Crippen LogP contribution in [0.1, 0.15) is 9.39 Å². The third-order valence-corrected chi connectivity index (χ3v) is 0.629. The predicted octanol–water partition coefficient (Wildman–Crippen LogP) is 0.281. The Balaban J connectivity index is 0. The quantitative estimate of drug-likeness (QED) is 0.398. The zero-order valence-electron chi connectivity index (χ0n) is 6.17. The van der Waals surface area contributed by atoms with Crippen LogP contribution < -0.4 is 0 Å². The minimum absolute atomic E-state index is 0.392. The summed E-state index contributed by atoms with van der Waals surface area (Å²) in [4.78, 5) is 0. The van der Waals surface area contributed by atoms with Gasteiger partial charge in [-0.05, 0) is 12.7 Å². The molecule has 0 aromatic rings. The Bertz CT molecular complexity index is 60.5. The topological polar surface area (TPSA) is 40.5 Å². The SMILES string of the molecule is C=CCCB(O)O.[2H][2H]. The molecule has 0 aliphatic heterocycles. The van der Waals surface area contributed by atoms with Crippen molar-refractivity contribution in [2.75, 3.05) is 0 Å². The van der Waals surface area contributed by atoms with Crippen LogP contribution in [0.4, 0.5) is 0 Å². The molecule has 0 heterocycles.